The maximum atomic E-state index is 12.2. The van der Waals surface area contributed by atoms with Crippen molar-refractivity contribution >= 4 is 22.3 Å². The molecule has 0 radical (unpaired) electrons. The molecule has 0 aromatic carbocycles. The Labute approximate surface area is 124 Å². The number of esters is 1. The number of rotatable bonds is 5. The second-order valence-electron chi connectivity index (χ2n) is 4.64. The Morgan fingerprint density at radius 1 is 1.43 bits per heavy atom. The van der Waals surface area contributed by atoms with E-state index in [2.05, 4.69) is 5.32 Å². The lowest BCUT2D eigenvalue weighted by Crippen LogP contribution is -2.60. The lowest BCUT2D eigenvalue weighted by molar-refractivity contribution is -0.148. The number of hydrogen-bond donors (Lipinski definition) is 2. The normalized spacial score (nSPS) is 20.1. The fourth-order valence-corrected chi connectivity index (χ4v) is 3.02. The van der Waals surface area contributed by atoms with Crippen LogP contribution in [0.25, 0.3) is 0 Å². The average Bonchev–Trinajstić information content (AvgIpc) is 2.37. The zero-order valence-corrected chi connectivity index (χ0v) is 13.1. The third kappa shape index (κ3) is 5.14. The number of nitrogens with one attached hydrogen (secondary N) is 2. The Morgan fingerprint density at radius 2 is 2.10 bits per heavy atom. The smallest absolute Gasteiger partial charge is 0.422 e. The number of amides is 1. The predicted octanol–water partition coefficient (Wildman–Crippen LogP) is -0.797. The van der Waals surface area contributed by atoms with Crippen LogP contribution in [0.3, 0.4) is 0 Å². The third-order valence-corrected chi connectivity index (χ3v) is 4.10. The van der Waals surface area contributed by atoms with Crippen LogP contribution in [0, 0.1) is 0 Å². The molecule has 9 nitrogen and oxygen atoms in total. The van der Waals surface area contributed by atoms with Crippen molar-refractivity contribution in [2.45, 2.75) is 32.9 Å². The van der Waals surface area contributed by atoms with Gasteiger partial charge in [-0.25, -0.2) is 9.52 Å². The first-order valence-electron chi connectivity index (χ1n) is 6.65. The second kappa shape index (κ2) is 7.57. The van der Waals surface area contributed by atoms with Gasteiger partial charge in [0, 0.05) is 19.6 Å². The van der Waals surface area contributed by atoms with E-state index in [0.29, 0.717) is 6.54 Å². The minimum Gasteiger partial charge on any atom is -0.465 e. The summed E-state index contributed by atoms with van der Waals surface area (Å²) in [5, 5.41) is 2.91. The summed E-state index contributed by atoms with van der Waals surface area (Å²) in [5.74, 6) is -0.660. The number of carbonyl (C=O) groups excluding carboxylic acids is 2. The number of piperazine rings is 1. The summed E-state index contributed by atoms with van der Waals surface area (Å²) in [6, 6.07) is -1.01. The standard InChI is InChI=1S/C11H21N3O6S/c1-4-19-10(15)9-7-12-5-6-14(9)21(17,18)13-11(16)20-8(2)3/h8-9,12H,4-7H2,1-3H3,(H,13,16). The van der Waals surface area contributed by atoms with Crippen LogP contribution in [0.1, 0.15) is 20.8 Å². The van der Waals surface area contributed by atoms with Crippen molar-refractivity contribution < 1.29 is 27.5 Å². The van der Waals surface area contributed by atoms with Gasteiger partial charge < -0.3 is 14.8 Å². The Morgan fingerprint density at radius 3 is 2.67 bits per heavy atom. The molecule has 1 rings (SSSR count). The molecular formula is C11H21N3O6S. The van der Waals surface area contributed by atoms with Crippen molar-refractivity contribution in [1.82, 2.24) is 14.3 Å². The van der Waals surface area contributed by atoms with Crippen molar-refractivity contribution in [2.24, 2.45) is 0 Å². The molecule has 1 saturated heterocycles. The summed E-state index contributed by atoms with van der Waals surface area (Å²) < 4.78 is 36.6. The second-order valence-corrected chi connectivity index (χ2v) is 6.27. The van der Waals surface area contributed by atoms with Gasteiger partial charge in [-0.3, -0.25) is 4.79 Å². The lowest BCUT2D eigenvalue weighted by atomic mass is 10.2. The molecule has 0 bridgehead atoms. The highest BCUT2D eigenvalue weighted by atomic mass is 32.2. The monoisotopic (exact) mass is 323 g/mol. The van der Waals surface area contributed by atoms with E-state index in [4.69, 9.17) is 9.47 Å². The van der Waals surface area contributed by atoms with Crippen molar-refractivity contribution in [3.05, 3.63) is 0 Å². The number of nitrogens with zero attached hydrogens (tertiary/aromatic N) is 1. The summed E-state index contributed by atoms with van der Waals surface area (Å²) in [6.45, 7) is 5.51. The molecule has 0 aromatic rings. The number of carbonyl (C=O) groups is 2. The first-order chi connectivity index (χ1) is 9.77. The molecule has 1 aliphatic heterocycles. The molecule has 0 aliphatic carbocycles. The molecule has 0 spiro atoms. The summed E-state index contributed by atoms with van der Waals surface area (Å²) in [6.07, 6.45) is -1.53. The predicted molar refractivity (Wildman–Crippen MR) is 73.7 cm³/mol. The van der Waals surface area contributed by atoms with Gasteiger partial charge in [0.15, 0.2) is 0 Å². The van der Waals surface area contributed by atoms with Gasteiger partial charge in [0.1, 0.15) is 6.04 Å². The van der Waals surface area contributed by atoms with E-state index in [9.17, 15) is 18.0 Å². The largest absolute Gasteiger partial charge is 0.465 e. The van der Waals surface area contributed by atoms with Gasteiger partial charge >= 0.3 is 22.3 Å². The molecule has 21 heavy (non-hydrogen) atoms. The SMILES string of the molecule is CCOC(=O)C1CNCCN1S(=O)(=O)NC(=O)OC(C)C. The van der Waals surface area contributed by atoms with Crippen LogP contribution in [0.4, 0.5) is 4.79 Å². The van der Waals surface area contributed by atoms with E-state index in [-0.39, 0.29) is 19.7 Å². The third-order valence-electron chi connectivity index (χ3n) is 2.62. The first-order valence-corrected chi connectivity index (χ1v) is 8.09. The minimum atomic E-state index is -4.17. The van der Waals surface area contributed by atoms with E-state index < -0.39 is 34.4 Å². The number of ether oxygens (including phenoxy) is 2. The Hall–Kier alpha value is -1.39. The van der Waals surface area contributed by atoms with Crippen LogP contribution in [0.15, 0.2) is 0 Å². The maximum Gasteiger partial charge on any atom is 0.422 e. The molecular weight excluding hydrogens is 302 g/mol. The van der Waals surface area contributed by atoms with Crippen LogP contribution < -0.4 is 10.0 Å². The van der Waals surface area contributed by atoms with Crippen molar-refractivity contribution in [3.63, 3.8) is 0 Å². The molecule has 1 amide bonds. The molecule has 1 heterocycles. The van der Waals surface area contributed by atoms with Crippen LogP contribution in [0.2, 0.25) is 0 Å². The quantitative estimate of drug-likeness (QED) is 0.637. The molecule has 122 valence electrons. The number of hydrogen-bond acceptors (Lipinski definition) is 7. The fraction of sp³-hybridized carbons (Fsp3) is 0.818. The Bertz CT molecular complexity index is 478. The maximum absolute atomic E-state index is 12.2. The van der Waals surface area contributed by atoms with E-state index in [1.165, 1.54) is 0 Å². The van der Waals surface area contributed by atoms with Crippen LogP contribution in [-0.4, -0.2) is 63.2 Å². The van der Waals surface area contributed by atoms with Gasteiger partial charge in [-0.05, 0) is 20.8 Å². The molecule has 10 heteroatoms. The minimum absolute atomic E-state index is 0.0494. The summed E-state index contributed by atoms with van der Waals surface area (Å²) in [7, 11) is -4.17. The van der Waals surface area contributed by atoms with Gasteiger partial charge in [-0.15, -0.1) is 0 Å². The summed E-state index contributed by atoms with van der Waals surface area (Å²) in [5.41, 5.74) is 0. The highest BCUT2D eigenvalue weighted by Gasteiger charge is 2.38. The average molecular weight is 323 g/mol. The van der Waals surface area contributed by atoms with Crippen LogP contribution >= 0.6 is 0 Å². The first kappa shape index (κ1) is 17.7. The zero-order valence-electron chi connectivity index (χ0n) is 12.3. The van der Waals surface area contributed by atoms with E-state index >= 15 is 0 Å². The molecule has 1 fully saturated rings. The van der Waals surface area contributed by atoms with E-state index in [1.807, 2.05) is 0 Å². The Kier molecular flexibility index (Phi) is 6.37. The lowest BCUT2D eigenvalue weighted by Gasteiger charge is -2.33. The van der Waals surface area contributed by atoms with Gasteiger partial charge in [0.05, 0.1) is 12.7 Å². The van der Waals surface area contributed by atoms with Gasteiger partial charge in [-0.1, -0.05) is 0 Å². The Balaban J connectivity index is 2.82. The zero-order chi connectivity index (χ0) is 16.0. The fourth-order valence-electron chi connectivity index (χ4n) is 1.81. The van der Waals surface area contributed by atoms with E-state index in [0.717, 1.165) is 4.31 Å². The molecule has 1 aliphatic rings. The van der Waals surface area contributed by atoms with E-state index in [1.54, 1.807) is 25.5 Å². The van der Waals surface area contributed by atoms with Crippen molar-refractivity contribution in [2.75, 3.05) is 26.2 Å². The topological polar surface area (TPSA) is 114 Å². The van der Waals surface area contributed by atoms with Gasteiger partial charge in [0.2, 0.25) is 0 Å². The van der Waals surface area contributed by atoms with Crippen molar-refractivity contribution in [1.29, 1.82) is 0 Å². The molecule has 0 aromatic heterocycles. The van der Waals surface area contributed by atoms with Gasteiger partial charge in [-0.2, -0.15) is 12.7 Å². The van der Waals surface area contributed by atoms with Crippen LogP contribution in [0.5, 0.6) is 0 Å². The molecule has 1 unspecified atom stereocenters. The highest BCUT2D eigenvalue weighted by molar-refractivity contribution is 7.87. The van der Waals surface area contributed by atoms with Crippen molar-refractivity contribution in [3.8, 4) is 0 Å². The molecule has 1 atom stereocenters. The van der Waals surface area contributed by atoms with Gasteiger partial charge in [0.25, 0.3) is 0 Å². The highest BCUT2D eigenvalue weighted by Crippen LogP contribution is 2.10. The van der Waals surface area contributed by atoms with Crippen LogP contribution in [-0.2, 0) is 24.5 Å². The molecule has 0 saturated carbocycles. The summed E-state index contributed by atoms with van der Waals surface area (Å²) in [4.78, 5) is 23.2. The summed E-state index contributed by atoms with van der Waals surface area (Å²) >= 11 is 0. The molecule has 2 N–H and O–H groups in total.